The van der Waals surface area contributed by atoms with Gasteiger partial charge in [0.25, 0.3) is 5.91 Å². The first-order chi connectivity index (χ1) is 13.2. The Morgan fingerprint density at radius 1 is 1.22 bits per heavy atom. The van der Waals surface area contributed by atoms with Crippen LogP contribution in [0.15, 0.2) is 50.7 Å². The maximum Gasteiger partial charge on any atom is 0.320 e. The molecule has 0 radical (unpaired) electrons. The van der Waals surface area contributed by atoms with Crippen LogP contribution < -0.4 is 0 Å². The molecule has 2 aromatic rings. The summed E-state index contributed by atoms with van der Waals surface area (Å²) in [6.45, 7) is -0.341. The summed E-state index contributed by atoms with van der Waals surface area (Å²) in [5.41, 5.74) is 0.653. The minimum absolute atomic E-state index is 0.210. The van der Waals surface area contributed by atoms with E-state index < -0.39 is 0 Å². The molecule has 2 aliphatic heterocycles. The Morgan fingerprint density at radius 3 is 2.78 bits per heavy atom. The molecular weight excluding hydrogens is 388 g/mol. The fraction of sp³-hybridized carbons (Fsp3) is 0.389. The topological polar surface area (TPSA) is 85.3 Å². The van der Waals surface area contributed by atoms with Crippen molar-refractivity contribution in [3.63, 3.8) is 0 Å². The van der Waals surface area contributed by atoms with Gasteiger partial charge >= 0.3 is 5.97 Å². The zero-order chi connectivity index (χ0) is 18.6. The van der Waals surface area contributed by atoms with Gasteiger partial charge in [0.1, 0.15) is 28.5 Å². The molecule has 0 aliphatic carbocycles. The summed E-state index contributed by atoms with van der Waals surface area (Å²) in [7, 11) is 0. The lowest BCUT2D eigenvalue weighted by Crippen LogP contribution is -2.34. The van der Waals surface area contributed by atoms with Crippen molar-refractivity contribution in [2.75, 3.05) is 23.9 Å². The molecule has 0 unspecified atom stereocenters. The fourth-order valence-corrected chi connectivity index (χ4v) is 5.49. The molecule has 0 N–H and O–H groups in total. The van der Waals surface area contributed by atoms with Crippen LogP contribution >= 0.6 is 23.5 Å². The van der Waals surface area contributed by atoms with Crippen molar-refractivity contribution in [1.82, 2.24) is 5.01 Å². The zero-order valence-corrected chi connectivity index (χ0v) is 16.0. The van der Waals surface area contributed by atoms with E-state index in [4.69, 9.17) is 13.6 Å². The van der Waals surface area contributed by atoms with E-state index >= 15 is 0 Å². The summed E-state index contributed by atoms with van der Waals surface area (Å²) < 4.78 is 16.1. The van der Waals surface area contributed by atoms with E-state index in [1.54, 1.807) is 60.3 Å². The van der Waals surface area contributed by atoms with Crippen LogP contribution in [0.25, 0.3) is 0 Å². The first-order valence-electron chi connectivity index (χ1n) is 8.55. The van der Waals surface area contributed by atoms with E-state index in [1.807, 2.05) is 0 Å². The molecule has 2 atom stereocenters. The highest BCUT2D eigenvalue weighted by atomic mass is 32.2. The molecule has 0 saturated carbocycles. The van der Waals surface area contributed by atoms with Gasteiger partial charge in [-0.15, -0.1) is 11.8 Å². The normalized spacial score (nSPS) is 22.5. The van der Waals surface area contributed by atoms with Gasteiger partial charge in [0, 0.05) is 23.7 Å². The van der Waals surface area contributed by atoms with Crippen LogP contribution in [0.2, 0.25) is 0 Å². The number of hydrogen-bond donors (Lipinski definition) is 0. The van der Waals surface area contributed by atoms with Crippen molar-refractivity contribution in [2.45, 2.75) is 17.7 Å². The van der Waals surface area contributed by atoms with Crippen LogP contribution in [0.1, 0.15) is 24.0 Å². The third kappa shape index (κ3) is 4.08. The number of esters is 1. The van der Waals surface area contributed by atoms with Gasteiger partial charge in [-0.25, -0.2) is 5.01 Å². The van der Waals surface area contributed by atoms with Crippen molar-refractivity contribution in [3.8, 4) is 0 Å². The highest BCUT2D eigenvalue weighted by molar-refractivity contribution is 8.07. The number of hydrogen-bond acceptors (Lipinski definition) is 8. The summed E-state index contributed by atoms with van der Waals surface area (Å²) in [6, 6.07) is 6.75. The van der Waals surface area contributed by atoms with Crippen molar-refractivity contribution in [1.29, 1.82) is 0 Å². The molecule has 142 valence electrons. The average molecular weight is 406 g/mol. The van der Waals surface area contributed by atoms with Gasteiger partial charge < -0.3 is 13.6 Å². The molecule has 0 aromatic carbocycles. The van der Waals surface area contributed by atoms with Crippen molar-refractivity contribution < 1.29 is 23.2 Å². The molecule has 27 heavy (non-hydrogen) atoms. The predicted molar refractivity (Wildman–Crippen MR) is 103 cm³/mol. The van der Waals surface area contributed by atoms with Crippen LogP contribution in [0.4, 0.5) is 0 Å². The van der Waals surface area contributed by atoms with E-state index in [1.165, 1.54) is 5.01 Å². The summed E-state index contributed by atoms with van der Waals surface area (Å²) in [5, 5.41) is 5.52. The molecule has 7 nitrogen and oxygen atoms in total. The van der Waals surface area contributed by atoms with Gasteiger partial charge in [-0.05, 0) is 24.3 Å². The smallest absolute Gasteiger partial charge is 0.320 e. The SMILES string of the molecule is O=C(OCC(=O)N1N=C(c2ccco2)C[C@@H]1c1ccco1)[C@@H]1CSCCS1. The lowest BCUT2D eigenvalue weighted by molar-refractivity contribution is -0.152. The summed E-state index contributed by atoms with van der Waals surface area (Å²) in [6.07, 6.45) is 3.59. The Kier molecular flexibility index (Phi) is 5.58. The second-order valence-electron chi connectivity index (χ2n) is 6.04. The van der Waals surface area contributed by atoms with Crippen molar-refractivity contribution in [2.24, 2.45) is 5.10 Å². The number of carbonyl (C=O) groups is 2. The first-order valence-corrected chi connectivity index (χ1v) is 10.8. The highest BCUT2D eigenvalue weighted by Gasteiger charge is 2.36. The lowest BCUT2D eigenvalue weighted by Gasteiger charge is -2.22. The van der Waals surface area contributed by atoms with Gasteiger partial charge in [0.2, 0.25) is 0 Å². The lowest BCUT2D eigenvalue weighted by atomic mass is 10.1. The second kappa shape index (κ2) is 8.26. The fourth-order valence-electron chi connectivity index (χ4n) is 2.95. The summed E-state index contributed by atoms with van der Waals surface area (Å²) in [4.78, 5) is 24.9. The van der Waals surface area contributed by atoms with E-state index in [0.29, 0.717) is 23.7 Å². The Morgan fingerprint density at radius 2 is 2.07 bits per heavy atom. The van der Waals surface area contributed by atoms with Crippen LogP contribution in [-0.2, 0) is 14.3 Å². The third-order valence-electron chi connectivity index (χ3n) is 4.26. The molecule has 0 bridgehead atoms. The van der Waals surface area contributed by atoms with Gasteiger partial charge in [-0.3, -0.25) is 9.59 Å². The number of rotatable bonds is 5. The second-order valence-corrected chi connectivity index (χ2v) is 8.50. The number of thioether (sulfide) groups is 2. The Balaban J connectivity index is 1.44. The Bertz CT molecular complexity index is 813. The molecule has 4 heterocycles. The largest absolute Gasteiger partial charge is 0.467 e. The van der Waals surface area contributed by atoms with Gasteiger partial charge in [0.05, 0.1) is 12.5 Å². The monoisotopic (exact) mass is 406 g/mol. The third-order valence-corrected chi connectivity index (χ3v) is 6.99. The number of hydrazone groups is 1. The van der Waals surface area contributed by atoms with Gasteiger partial charge in [-0.1, -0.05) is 0 Å². The molecule has 1 saturated heterocycles. The molecule has 2 aliphatic rings. The maximum atomic E-state index is 12.7. The number of ether oxygens (including phenoxy) is 1. The number of furan rings is 2. The van der Waals surface area contributed by atoms with E-state index in [2.05, 4.69) is 5.10 Å². The molecule has 4 rings (SSSR count). The standard InChI is InChI=1S/C18H18N2O5S2/c21-17(10-25-18(22)16-11-26-7-8-27-16)20-13(15-4-2-6-24-15)9-12(19-20)14-3-1-5-23-14/h1-6,13,16H,7-11H2/t13-,16+/m1/s1. The summed E-state index contributed by atoms with van der Waals surface area (Å²) in [5.74, 6) is 3.17. The van der Waals surface area contributed by atoms with Gasteiger partial charge in [0.15, 0.2) is 6.61 Å². The van der Waals surface area contributed by atoms with E-state index in [-0.39, 0.29) is 29.8 Å². The van der Waals surface area contributed by atoms with Crippen LogP contribution in [0, 0.1) is 0 Å². The van der Waals surface area contributed by atoms with Crippen LogP contribution in [-0.4, -0.2) is 51.7 Å². The van der Waals surface area contributed by atoms with Crippen molar-refractivity contribution >= 4 is 41.1 Å². The van der Waals surface area contributed by atoms with E-state index in [9.17, 15) is 9.59 Å². The number of nitrogens with zero attached hydrogens (tertiary/aromatic N) is 2. The number of carbonyl (C=O) groups excluding carboxylic acids is 2. The Hall–Kier alpha value is -2.13. The van der Waals surface area contributed by atoms with E-state index in [0.717, 1.165) is 17.3 Å². The first kappa shape index (κ1) is 18.2. The zero-order valence-electron chi connectivity index (χ0n) is 14.4. The van der Waals surface area contributed by atoms with Crippen LogP contribution in [0.5, 0.6) is 0 Å². The Labute approximate surface area is 164 Å². The minimum atomic E-state index is -0.389. The average Bonchev–Trinajstić information content (AvgIpc) is 3.46. The predicted octanol–water partition coefficient (Wildman–Crippen LogP) is 2.94. The number of amides is 1. The molecule has 0 spiro atoms. The molecule has 1 amide bonds. The molecule has 2 aromatic heterocycles. The quantitative estimate of drug-likeness (QED) is 0.706. The molecular formula is C18H18N2O5S2. The molecule has 9 heteroatoms. The maximum absolute atomic E-state index is 12.7. The van der Waals surface area contributed by atoms with Crippen molar-refractivity contribution in [3.05, 3.63) is 48.3 Å². The highest BCUT2D eigenvalue weighted by Crippen LogP contribution is 2.33. The van der Waals surface area contributed by atoms with Crippen LogP contribution in [0.3, 0.4) is 0 Å². The molecule has 1 fully saturated rings. The van der Waals surface area contributed by atoms with Gasteiger partial charge in [-0.2, -0.15) is 16.9 Å². The summed E-state index contributed by atoms with van der Waals surface area (Å²) >= 11 is 3.30. The minimum Gasteiger partial charge on any atom is -0.467 e.